The number of carboxylic acids is 1. The highest BCUT2D eigenvalue weighted by Crippen LogP contribution is 2.19. The molecule has 0 radical (unpaired) electrons. The molecule has 0 aromatic heterocycles. The molecule has 1 rings (SSSR count). The fraction of sp³-hybridized carbons (Fsp3) is 0.846. The minimum atomic E-state index is -1.00. The predicted molar refractivity (Wildman–Crippen MR) is 68.8 cm³/mol. The number of nitrogens with one attached hydrogen (secondary N) is 1. The van der Waals surface area contributed by atoms with Gasteiger partial charge in [0.1, 0.15) is 6.10 Å². The van der Waals surface area contributed by atoms with Crippen molar-refractivity contribution in [3.63, 3.8) is 0 Å². The van der Waals surface area contributed by atoms with Crippen LogP contribution in [0.1, 0.15) is 33.1 Å². The summed E-state index contributed by atoms with van der Waals surface area (Å²) in [6, 6.07) is 0. The van der Waals surface area contributed by atoms with Crippen LogP contribution in [-0.4, -0.2) is 48.9 Å². The number of hydrogen-bond donors (Lipinski definition) is 2. The average Bonchev–Trinajstić information content (AvgIpc) is 2.82. The zero-order valence-corrected chi connectivity index (χ0v) is 11.6. The van der Waals surface area contributed by atoms with E-state index in [2.05, 4.69) is 19.2 Å². The zero-order chi connectivity index (χ0) is 14.3. The van der Waals surface area contributed by atoms with Gasteiger partial charge < -0.3 is 19.9 Å². The van der Waals surface area contributed by atoms with Crippen molar-refractivity contribution in [2.75, 3.05) is 19.8 Å². The highest BCUT2D eigenvalue weighted by Gasteiger charge is 2.34. The molecule has 1 heterocycles. The number of carbonyl (C=O) groups excluding carboxylic acids is 1. The van der Waals surface area contributed by atoms with Crippen molar-refractivity contribution in [1.29, 1.82) is 0 Å². The van der Waals surface area contributed by atoms with Crippen LogP contribution < -0.4 is 5.32 Å². The Kier molecular flexibility index (Phi) is 6.80. The Hall–Kier alpha value is -1.14. The molecule has 1 saturated heterocycles. The molecular formula is C13H23NO5. The van der Waals surface area contributed by atoms with Crippen LogP contribution in [0.3, 0.4) is 0 Å². The van der Waals surface area contributed by atoms with Crippen molar-refractivity contribution in [2.45, 2.75) is 45.3 Å². The standard InChI is InChI=1S/C13H23NO5/c1-9(2)8-18-7-3-6-14-12(15)10-4-5-11(19-10)13(16)17/h9-11H,3-8H2,1-2H3,(H,14,15)(H,16,17)/t10-,11+/m0/s1. The SMILES string of the molecule is CC(C)COCCCNC(=O)[C@@H]1CC[C@H](C(=O)O)O1. The highest BCUT2D eigenvalue weighted by molar-refractivity contribution is 5.82. The molecule has 2 atom stereocenters. The fourth-order valence-corrected chi connectivity index (χ4v) is 1.83. The first-order valence-electron chi connectivity index (χ1n) is 6.74. The van der Waals surface area contributed by atoms with E-state index in [1.165, 1.54) is 0 Å². The Morgan fingerprint density at radius 2 is 2.05 bits per heavy atom. The number of aliphatic carboxylic acids is 1. The maximum Gasteiger partial charge on any atom is 0.332 e. The summed E-state index contributed by atoms with van der Waals surface area (Å²) in [4.78, 5) is 22.4. The van der Waals surface area contributed by atoms with Crippen molar-refractivity contribution in [1.82, 2.24) is 5.32 Å². The van der Waals surface area contributed by atoms with Gasteiger partial charge in [-0.05, 0) is 25.2 Å². The number of carboxylic acid groups (broad SMARTS) is 1. The van der Waals surface area contributed by atoms with Crippen LogP contribution in [0.4, 0.5) is 0 Å². The molecule has 0 aromatic carbocycles. The van der Waals surface area contributed by atoms with Gasteiger partial charge in [-0.25, -0.2) is 4.79 Å². The van der Waals surface area contributed by atoms with Crippen LogP contribution in [0.5, 0.6) is 0 Å². The maximum atomic E-state index is 11.7. The lowest BCUT2D eigenvalue weighted by Gasteiger charge is -2.12. The molecule has 110 valence electrons. The summed E-state index contributed by atoms with van der Waals surface area (Å²) in [6.45, 7) is 6.02. The first-order valence-corrected chi connectivity index (χ1v) is 6.74. The Morgan fingerprint density at radius 1 is 1.37 bits per heavy atom. The molecule has 1 aliphatic rings. The molecular weight excluding hydrogens is 250 g/mol. The van der Waals surface area contributed by atoms with Gasteiger partial charge in [0.15, 0.2) is 6.10 Å². The van der Waals surface area contributed by atoms with Crippen molar-refractivity contribution in [3.8, 4) is 0 Å². The Bertz CT molecular complexity index is 305. The predicted octanol–water partition coefficient (Wildman–Crippen LogP) is 0.797. The maximum absolute atomic E-state index is 11.7. The number of ether oxygens (including phenoxy) is 2. The molecule has 1 aliphatic heterocycles. The third-order valence-electron chi connectivity index (χ3n) is 2.80. The molecule has 6 heteroatoms. The van der Waals surface area contributed by atoms with Crippen LogP contribution in [0.2, 0.25) is 0 Å². The first-order chi connectivity index (χ1) is 9.00. The molecule has 1 amide bonds. The second-order valence-corrected chi connectivity index (χ2v) is 5.14. The highest BCUT2D eigenvalue weighted by atomic mass is 16.5. The van der Waals surface area contributed by atoms with Crippen LogP contribution in [0, 0.1) is 5.92 Å². The van der Waals surface area contributed by atoms with Gasteiger partial charge in [0, 0.05) is 19.8 Å². The summed E-state index contributed by atoms with van der Waals surface area (Å²) in [5, 5.41) is 11.5. The lowest BCUT2D eigenvalue weighted by molar-refractivity contribution is -0.151. The molecule has 1 fully saturated rings. The minimum absolute atomic E-state index is 0.229. The second-order valence-electron chi connectivity index (χ2n) is 5.14. The van der Waals surface area contributed by atoms with Gasteiger partial charge in [0.05, 0.1) is 0 Å². The van der Waals surface area contributed by atoms with Gasteiger partial charge >= 0.3 is 5.97 Å². The quantitative estimate of drug-likeness (QED) is 0.639. The van der Waals surface area contributed by atoms with Gasteiger partial charge in [-0.3, -0.25) is 4.79 Å². The van der Waals surface area contributed by atoms with Crippen LogP contribution >= 0.6 is 0 Å². The first kappa shape index (κ1) is 15.9. The lowest BCUT2D eigenvalue weighted by atomic mass is 10.2. The van der Waals surface area contributed by atoms with E-state index in [1.807, 2.05) is 0 Å². The van der Waals surface area contributed by atoms with E-state index < -0.39 is 18.2 Å². The summed E-state index contributed by atoms with van der Waals surface area (Å²) in [6.07, 6.45) is 0.133. The monoisotopic (exact) mass is 273 g/mol. The molecule has 6 nitrogen and oxygen atoms in total. The third kappa shape index (κ3) is 6.02. The smallest absolute Gasteiger partial charge is 0.332 e. The Morgan fingerprint density at radius 3 is 2.63 bits per heavy atom. The van der Waals surface area contributed by atoms with E-state index >= 15 is 0 Å². The average molecular weight is 273 g/mol. The minimum Gasteiger partial charge on any atom is -0.479 e. The van der Waals surface area contributed by atoms with Crippen molar-refractivity contribution in [3.05, 3.63) is 0 Å². The third-order valence-corrected chi connectivity index (χ3v) is 2.80. The molecule has 0 spiro atoms. The summed E-state index contributed by atoms with van der Waals surface area (Å²) in [5.41, 5.74) is 0. The van der Waals surface area contributed by atoms with Gasteiger partial charge in [-0.15, -0.1) is 0 Å². The van der Waals surface area contributed by atoms with E-state index in [1.54, 1.807) is 0 Å². The van der Waals surface area contributed by atoms with Crippen molar-refractivity contribution < 1.29 is 24.2 Å². The summed E-state index contributed by atoms with van der Waals surface area (Å²) < 4.78 is 10.5. The van der Waals surface area contributed by atoms with Crippen LogP contribution in [0.25, 0.3) is 0 Å². The molecule has 0 saturated carbocycles. The van der Waals surface area contributed by atoms with Gasteiger partial charge in [-0.2, -0.15) is 0 Å². The molecule has 0 aliphatic carbocycles. The van der Waals surface area contributed by atoms with Gasteiger partial charge in [0.25, 0.3) is 0 Å². The second kappa shape index (κ2) is 8.12. The number of carbonyl (C=O) groups is 2. The normalized spacial score (nSPS) is 22.7. The molecule has 19 heavy (non-hydrogen) atoms. The molecule has 0 bridgehead atoms. The van der Waals surface area contributed by atoms with Crippen molar-refractivity contribution in [2.24, 2.45) is 5.92 Å². The van der Waals surface area contributed by atoms with Gasteiger partial charge in [-0.1, -0.05) is 13.8 Å². The molecule has 0 unspecified atom stereocenters. The molecule has 2 N–H and O–H groups in total. The van der Waals surface area contributed by atoms with E-state index in [0.717, 1.165) is 13.0 Å². The fourth-order valence-electron chi connectivity index (χ4n) is 1.83. The topological polar surface area (TPSA) is 84.9 Å². The summed E-state index contributed by atoms with van der Waals surface area (Å²) >= 11 is 0. The Labute approximate surface area is 113 Å². The van der Waals surface area contributed by atoms with E-state index in [0.29, 0.717) is 31.9 Å². The lowest BCUT2D eigenvalue weighted by Crippen LogP contribution is -2.36. The Balaban J connectivity index is 2.07. The summed E-state index contributed by atoms with van der Waals surface area (Å²) in [5.74, 6) is -0.723. The number of hydrogen-bond acceptors (Lipinski definition) is 4. The van der Waals surface area contributed by atoms with Crippen LogP contribution in [-0.2, 0) is 19.1 Å². The zero-order valence-electron chi connectivity index (χ0n) is 11.6. The van der Waals surface area contributed by atoms with Crippen LogP contribution in [0.15, 0.2) is 0 Å². The van der Waals surface area contributed by atoms with Crippen molar-refractivity contribution >= 4 is 11.9 Å². The van der Waals surface area contributed by atoms with E-state index in [-0.39, 0.29) is 5.91 Å². The molecule has 0 aromatic rings. The largest absolute Gasteiger partial charge is 0.479 e. The number of rotatable bonds is 8. The number of amides is 1. The van der Waals surface area contributed by atoms with E-state index in [9.17, 15) is 9.59 Å². The summed E-state index contributed by atoms with van der Waals surface area (Å²) in [7, 11) is 0. The van der Waals surface area contributed by atoms with Gasteiger partial charge in [0.2, 0.25) is 5.91 Å². The van der Waals surface area contributed by atoms with E-state index in [4.69, 9.17) is 14.6 Å².